The van der Waals surface area contributed by atoms with Gasteiger partial charge in [-0.05, 0) is 57.4 Å². The average Bonchev–Trinajstić information content (AvgIpc) is 2.58. The fourth-order valence-electron chi connectivity index (χ4n) is 2.15. The Hall–Kier alpha value is -2.44. The van der Waals surface area contributed by atoms with E-state index < -0.39 is 0 Å². The molecule has 1 aromatic heterocycles. The zero-order chi connectivity index (χ0) is 18.2. The number of halogens is 1. The lowest BCUT2D eigenvalue weighted by atomic mass is 10.2. The Morgan fingerprint density at radius 1 is 1.16 bits per heavy atom. The fraction of sp³-hybridized carbons (Fsp3) is 0.278. The molecular formula is C18H21ClN4O2. The zero-order valence-electron chi connectivity index (χ0n) is 14.3. The van der Waals surface area contributed by atoms with E-state index in [1.807, 2.05) is 19.0 Å². The molecule has 7 heteroatoms. The van der Waals surface area contributed by atoms with Crippen molar-refractivity contribution in [3.05, 3.63) is 58.9 Å². The minimum Gasteiger partial charge on any atom is -0.351 e. The van der Waals surface area contributed by atoms with Gasteiger partial charge in [-0.15, -0.1) is 0 Å². The molecule has 0 aliphatic rings. The normalized spacial score (nSPS) is 10.6. The summed E-state index contributed by atoms with van der Waals surface area (Å²) in [6.45, 7) is 1.44. The minimum atomic E-state index is -0.327. The van der Waals surface area contributed by atoms with Crippen molar-refractivity contribution < 1.29 is 9.59 Å². The van der Waals surface area contributed by atoms with Crippen LogP contribution in [0.2, 0.25) is 5.02 Å². The molecule has 2 rings (SSSR count). The Labute approximate surface area is 152 Å². The molecule has 2 amide bonds. The summed E-state index contributed by atoms with van der Waals surface area (Å²) in [6.07, 6.45) is 2.29. The Kier molecular flexibility index (Phi) is 6.91. The van der Waals surface area contributed by atoms with E-state index in [0.717, 1.165) is 13.0 Å². The summed E-state index contributed by atoms with van der Waals surface area (Å²) >= 11 is 5.90. The van der Waals surface area contributed by atoms with Crippen LogP contribution in [0.15, 0.2) is 42.6 Å². The van der Waals surface area contributed by atoms with Gasteiger partial charge in [0.2, 0.25) is 0 Å². The van der Waals surface area contributed by atoms with Gasteiger partial charge in [0.1, 0.15) is 5.69 Å². The predicted octanol–water partition coefficient (Wildman–Crippen LogP) is 2.67. The van der Waals surface area contributed by atoms with Gasteiger partial charge in [-0.3, -0.25) is 14.6 Å². The maximum Gasteiger partial charge on any atom is 0.269 e. The summed E-state index contributed by atoms with van der Waals surface area (Å²) in [5.74, 6) is -0.623. The Balaban J connectivity index is 1.97. The summed E-state index contributed by atoms with van der Waals surface area (Å²) in [7, 11) is 3.96. The van der Waals surface area contributed by atoms with Gasteiger partial charge in [-0.1, -0.05) is 17.7 Å². The average molecular weight is 361 g/mol. The molecule has 6 nitrogen and oxygen atoms in total. The number of aromatic nitrogens is 1. The topological polar surface area (TPSA) is 74.3 Å². The first kappa shape index (κ1) is 18.9. The Morgan fingerprint density at radius 3 is 2.68 bits per heavy atom. The second-order valence-electron chi connectivity index (χ2n) is 5.81. The third kappa shape index (κ3) is 6.17. The first-order chi connectivity index (χ1) is 12.0. The van der Waals surface area contributed by atoms with E-state index >= 15 is 0 Å². The number of benzene rings is 1. The summed E-state index contributed by atoms with van der Waals surface area (Å²) in [6, 6.07) is 9.89. The van der Waals surface area contributed by atoms with E-state index in [0.29, 0.717) is 22.8 Å². The van der Waals surface area contributed by atoms with E-state index in [9.17, 15) is 9.59 Å². The van der Waals surface area contributed by atoms with Gasteiger partial charge in [0, 0.05) is 29.0 Å². The Morgan fingerprint density at radius 2 is 1.96 bits per heavy atom. The lowest BCUT2D eigenvalue weighted by molar-refractivity contribution is 0.0947. The molecule has 0 aliphatic carbocycles. The molecule has 2 aromatic rings. The zero-order valence-corrected chi connectivity index (χ0v) is 15.0. The van der Waals surface area contributed by atoms with Gasteiger partial charge in [-0.2, -0.15) is 0 Å². The van der Waals surface area contributed by atoms with E-state index in [1.165, 1.54) is 12.3 Å². The molecule has 25 heavy (non-hydrogen) atoms. The maximum absolute atomic E-state index is 12.3. The van der Waals surface area contributed by atoms with Crippen molar-refractivity contribution in [3.63, 3.8) is 0 Å². The molecular weight excluding hydrogens is 340 g/mol. The Bertz CT molecular complexity index is 749. The highest BCUT2D eigenvalue weighted by atomic mass is 35.5. The van der Waals surface area contributed by atoms with Gasteiger partial charge in [0.25, 0.3) is 11.8 Å². The first-order valence-electron chi connectivity index (χ1n) is 7.91. The number of rotatable bonds is 7. The van der Waals surface area contributed by atoms with Crippen LogP contribution in [0.25, 0.3) is 0 Å². The van der Waals surface area contributed by atoms with E-state index in [1.54, 1.807) is 30.3 Å². The van der Waals surface area contributed by atoms with E-state index in [-0.39, 0.29) is 17.5 Å². The van der Waals surface area contributed by atoms with Crippen LogP contribution in [-0.4, -0.2) is 48.9 Å². The number of hydrogen-bond acceptors (Lipinski definition) is 4. The highest BCUT2D eigenvalue weighted by molar-refractivity contribution is 6.31. The summed E-state index contributed by atoms with van der Waals surface area (Å²) in [4.78, 5) is 30.5. The van der Waals surface area contributed by atoms with Crippen LogP contribution in [0, 0.1) is 0 Å². The highest BCUT2D eigenvalue weighted by Crippen LogP contribution is 2.16. The number of nitrogens with one attached hydrogen (secondary N) is 2. The standard InChI is InChI=1S/C18H21ClN4O2/c1-23(2)10-4-8-21-18(25)16-11-13(7-9-20-16)17(24)22-15-6-3-5-14(19)12-15/h3,5-7,9,11-12H,4,8,10H2,1-2H3,(H,21,25)(H,22,24). The second-order valence-corrected chi connectivity index (χ2v) is 6.24. The molecule has 0 unspecified atom stereocenters. The first-order valence-corrected chi connectivity index (χ1v) is 8.29. The van der Waals surface area contributed by atoms with Crippen LogP contribution < -0.4 is 10.6 Å². The molecule has 0 spiro atoms. The number of carbonyl (C=O) groups excluding carboxylic acids is 2. The predicted molar refractivity (Wildman–Crippen MR) is 99.1 cm³/mol. The minimum absolute atomic E-state index is 0.212. The fourth-order valence-corrected chi connectivity index (χ4v) is 2.34. The summed E-state index contributed by atoms with van der Waals surface area (Å²) in [5, 5.41) is 6.07. The highest BCUT2D eigenvalue weighted by Gasteiger charge is 2.12. The lowest BCUT2D eigenvalue weighted by Crippen LogP contribution is -2.28. The number of nitrogens with zero attached hydrogens (tertiary/aromatic N) is 2. The van der Waals surface area contributed by atoms with Gasteiger partial charge in [-0.25, -0.2) is 0 Å². The van der Waals surface area contributed by atoms with E-state index in [2.05, 4.69) is 15.6 Å². The van der Waals surface area contributed by atoms with Gasteiger partial charge < -0.3 is 15.5 Å². The molecule has 2 N–H and O–H groups in total. The smallest absolute Gasteiger partial charge is 0.269 e. The van der Waals surface area contributed by atoms with Gasteiger partial charge >= 0.3 is 0 Å². The van der Waals surface area contributed by atoms with Crippen LogP contribution in [0.4, 0.5) is 5.69 Å². The maximum atomic E-state index is 12.3. The number of carbonyl (C=O) groups is 2. The van der Waals surface area contributed by atoms with Gasteiger partial charge in [0.15, 0.2) is 0 Å². The third-order valence-electron chi connectivity index (χ3n) is 3.40. The monoisotopic (exact) mass is 360 g/mol. The number of hydrogen-bond donors (Lipinski definition) is 2. The molecule has 1 heterocycles. The SMILES string of the molecule is CN(C)CCCNC(=O)c1cc(C(=O)Nc2cccc(Cl)c2)ccn1. The van der Waals surface area contributed by atoms with Crippen LogP contribution in [0.3, 0.4) is 0 Å². The summed E-state index contributed by atoms with van der Waals surface area (Å²) in [5.41, 5.74) is 1.15. The lowest BCUT2D eigenvalue weighted by Gasteiger charge is -2.10. The molecule has 132 valence electrons. The molecule has 0 bridgehead atoms. The van der Waals surface area contributed by atoms with Crippen LogP contribution in [-0.2, 0) is 0 Å². The molecule has 0 saturated heterocycles. The van der Waals surface area contributed by atoms with Crippen molar-refractivity contribution in [2.75, 3.05) is 32.5 Å². The quantitative estimate of drug-likeness (QED) is 0.744. The largest absolute Gasteiger partial charge is 0.351 e. The van der Waals surface area contributed by atoms with Crippen molar-refractivity contribution in [3.8, 4) is 0 Å². The van der Waals surface area contributed by atoms with Crippen LogP contribution in [0.5, 0.6) is 0 Å². The molecule has 0 aliphatic heterocycles. The van der Waals surface area contributed by atoms with Crippen molar-refractivity contribution >= 4 is 29.1 Å². The molecule has 0 saturated carbocycles. The van der Waals surface area contributed by atoms with E-state index in [4.69, 9.17) is 11.6 Å². The number of anilines is 1. The van der Waals surface area contributed by atoms with Crippen LogP contribution >= 0.6 is 11.6 Å². The van der Waals surface area contributed by atoms with Crippen molar-refractivity contribution in [1.29, 1.82) is 0 Å². The second kappa shape index (κ2) is 9.15. The van der Waals surface area contributed by atoms with Crippen molar-refractivity contribution in [1.82, 2.24) is 15.2 Å². The summed E-state index contributed by atoms with van der Waals surface area (Å²) < 4.78 is 0. The molecule has 1 aromatic carbocycles. The molecule has 0 radical (unpaired) electrons. The third-order valence-corrected chi connectivity index (χ3v) is 3.64. The number of pyridine rings is 1. The van der Waals surface area contributed by atoms with Crippen molar-refractivity contribution in [2.45, 2.75) is 6.42 Å². The van der Waals surface area contributed by atoms with Gasteiger partial charge in [0.05, 0.1) is 0 Å². The van der Waals surface area contributed by atoms with Crippen LogP contribution in [0.1, 0.15) is 27.3 Å². The molecule has 0 atom stereocenters. The van der Waals surface area contributed by atoms with Crippen molar-refractivity contribution in [2.24, 2.45) is 0 Å². The molecule has 0 fully saturated rings. The number of amides is 2.